The molecule has 0 radical (unpaired) electrons. The molecular weight excluding hydrogens is 210 g/mol. The molecule has 2 aromatic heterocycles. The van der Waals surface area contributed by atoms with Gasteiger partial charge < -0.3 is 9.67 Å². The summed E-state index contributed by atoms with van der Waals surface area (Å²) >= 11 is 0. The first-order valence-corrected chi connectivity index (χ1v) is 4.76. The van der Waals surface area contributed by atoms with Crippen molar-refractivity contribution in [3.8, 4) is 0 Å². The summed E-state index contributed by atoms with van der Waals surface area (Å²) in [7, 11) is 1.72. The summed E-state index contributed by atoms with van der Waals surface area (Å²) in [5.41, 5.74) is 1.48. The Labute approximate surface area is 90.7 Å². The predicted molar refractivity (Wildman–Crippen MR) is 56.5 cm³/mol. The average Bonchev–Trinajstić information content (AvgIpc) is 2.56. The van der Waals surface area contributed by atoms with Crippen LogP contribution in [-0.4, -0.2) is 25.3 Å². The van der Waals surface area contributed by atoms with Crippen molar-refractivity contribution in [2.75, 3.05) is 0 Å². The van der Waals surface area contributed by atoms with Gasteiger partial charge in [0.2, 0.25) is 0 Å². The van der Waals surface area contributed by atoms with Gasteiger partial charge in [0.15, 0.2) is 0 Å². The summed E-state index contributed by atoms with van der Waals surface area (Å²) in [4.78, 5) is 22.3. The van der Waals surface area contributed by atoms with Gasteiger partial charge in [-0.3, -0.25) is 9.59 Å². The van der Waals surface area contributed by atoms with E-state index in [1.807, 2.05) is 0 Å². The lowest BCUT2D eigenvalue weighted by molar-refractivity contribution is -0.136. The third kappa shape index (κ3) is 1.58. The highest BCUT2D eigenvalue weighted by atomic mass is 16.4. The van der Waals surface area contributed by atoms with Crippen molar-refractivity contribution in [3.63, 3.8) is 0 Å². The van der Waals surface area contributed by atoms with Crippen LogP contribution in [0.3, 0.4) is 0 Å². The number of hydrogen-bond donors (Lipinski definition) is 1. The van der Waals surface area contributed by atoms with Crippen LogP contribution in [0.25, 0.3) is 5.65 Å². The van der Waals surface area contributed by atoms with Crippen LogP contribution < -0.4 is 5.56 Å². The molecule has 2 heterocycles. The van der Waals surface area contributed by atoms with Crippen LogP contribution in [0.2, 0.25) is 0 Å². The maximum absolute atomic E-state index is 11.6. The Morgan fingerprint density at radius 3 is 2.81 bits per heavy atom. The molecule has 2 aromatic rings. The van der Waals surface area contributed by atoms with E-state index in [-0.39, 0.29) is 12.0 Å². The lowest BCUT2D eigenvalue weighted by Crippen LogP contribution is -2.21. The Balaban J connectivity index is 2.74. The second-order valence-corrected chi connectivity index (χ2v) is 3.66. The van der Waals surface area contributed by atoms with Crippen molar-refractivity contribution in [1.82, 2.24) is 14.2 Å². The van der Waals surface area contributed by atoms with Crippen molar-refractivity contribution in [1.29, 1.82) is 0 Å². The molecule has 6 heteroatoms. The summed E-state index contributed by atoms with van der Waals surface area (Å²) in [6.45, 7) is 1.78. The standard InChI is InChI=1S/C10H11N3O3/c1-6-3-8-12(2)7(5-10(15)16)4-9(14)13(8)11-6/h3-4H,5H2,1-2H3,(H,15,16). The van der Waals surface area contributed by atoms with Crippen molar-refractivity contribution >= 4 is 11.6 Å². The number of aliphatic carboxylic acids is 1. The van der Waals surface area contributed by atoms with Gasteiger partial charge in [0.25, 0.3) is 5.56 Å². The molecule has 0 saturated carbocycles. The summed E-state index contributed by atoms with van der Waals surface area (Å²) in [6.07, 6.45) is -0.174. The number of carboxylic acid groups (broad SMARTS) is 1. The number of hydrogen-bond acceptors (Lipinski definition) is 3. The van der Waals surface area contributed by atoms with Gasteiger partial charge in [-0.1, -0.05) is 0 Å². The van der Waals surface area contributed by atoms with Crippen LogP contribution >= 0.6 is 0 Å². The summed E-state index contributed by atoms with van der Waals surface area (Å²) in [5.74, 6) is -0.962. The predicted octanol–water partition coefficient (Wildman–Crippen LogP) is -0.0315. The molecule has 0 aliphatic heterocycles. The molecule has 0 spiro atoms. The Hall–Kier alpha value is -2.11. The fourth-order valence-electron chi connectivity index (χ4n) is 1.66. The van der Waals surface area contributed by atoms with E-state index in [1.54, 1.807) is 24.6 Å². The number of carboxylic acids is 1. The zero-order valence-corrected chi connectivity index (χ0v) is 8.97. The smallest absolute Gasteiger partial charge is 0.309 e. The molecule has 84 valence electrons. The lowest BCUT2D eigenvalue weighted by atomic mass is 10.3. The first kappa shape index (κ1) is 10.4. The number of nitrogens with zero attached hydrogens (tertiary/aromatic N) is 3. The largest absolute Gasteiger partial charge is 0.481 e. The summed E-state index contributed by atoms with van der Waals surface area (Å²) in [6, 6.07) is 3.04. The quantitative estimate of drug-likeness (QED) is 0.772. The van der Waals surface area contributed by atoms with Gasteiger partial charge in [-0.05, 0) is 6.92 Å². The van der Waals surface area contributed by atoms with E-state index in [9.17, 15) is 9.59 Å². The van der Waals surface area contributed by atoms with Gasteiger partial charge in [0.1, 0.15) is 5.65 Å². The normalized spacial score (nSPS) is 10.9. The molecule has 0 bridgehead atoms. The molecular formula is C10H11N3O3. The molecule has 0 aromatic carbocycles. The number of aryl methyl sites for hydroxylation is 2. The van der Waals surface area contributed by atoms with Crippen LogP contribution in [0.15, 0.2) is 16.9 Å². The number of aromatic nitrogens is 3. The third-order valence-corrected chi connectivity index (χ3v) is 2.42. The monoisotopic (exact) mass is 221 g/mol. The molecule has 0 amide bonds. The second-order valence-electron chi connectivity index (χ2n) is 3.66. The minimum Gasteiger partial charge on any atom is -0.481 e. The van der Waals surface area contributed by atoms with Crippen LogP contribution in [0, 0.1) is 6.92 Å². The zero-order valence-electron chi connectivity index (χ0n) is 8.97. The Kier molecular flexibility index (Phi) is 2.26. The van der Waals surface area contributed by atoms with E-state index in [4.69, 9.17) is 5.11 Å². The Bertz CT molecular complexity index is 624. The topological polar surface area (TPSA) is 76.6 Å². The molecule has 16 heavy (non-hydrogen) atoms. The van der Waals surface area contributed by atoms with Crippen LogP contribution in [0.4, 0.5) is 0 Å². The second kappa shape index (κ2) is 3.48. The van der Waals surface area contributed by atoms with Gasteiger partial charge >= 0.3 is 5.97 Å². The highest BCUT2D eigenvalue weighted by Crippen LogP contribution is 2.06. The zero-order chi connectivity index (χ0) is 11.9. The Morgan fingerprint density at radius 2 is 2.19 bits per heavy atom. The molecule has 0 aliphatic rings. The van der Waals surface area contributed by atoms with Crippen molar-refractivity contribution in [2.45, 2.75) is 13.3 Å². The maximum Gasteiger partial charge on any atom is 0.309 e. The van der Waals surface area contributed by atoms with Crippen molar-refractivity contribution < 1.29 is 9.90 Å². The third-order valence-electron chi connectivity index (χ3n) is 2.42. The van der Waals surface area contributed by atoms with Gasteiger partial charge in [0.05, 0.1) is 12.1 Å². The molecule has 0 unspecified atom stereocenters. The highest BCUT2D eigenvalue weighted by molar-refractivity contribution is 5.69. The fraction of sp³-hybridized carbons (Fsp3) is 0.300. The number of carbonyl (C=O) groups is 1. The molecule has 1 N–H and O–H groups in total. The summed E-state index contributed by atoms with van der Waals surface area (Å²) in [5, 5.41) is 12.8. The lowest BCUT2D eigenvalue weighted by Gasteiger charge is -2.07. The van der Waals surface area contributed by atoms with Gasteiger partial charge in [0, 0.05) is 24.9 Å². The fourth-order valence-corrected chi connectivity index (χ4v) is 1.66. The Morgan fingerprint density at radius 1 is 1.50 bits per heavy atom. The van der Waals surface area contributed by atoms with E-state index in [2.05, 4.69) is 5.10 Å². The maximum atomic E-state index is 11.6. The van der Waals surface area contributed by atoms with E-state index in [0.29, 0.717) is 11.3 Å². The number of rotatable bonds is 2. The molecule has 0 aliphatic carbocycles. The van der Waals surface area contributed by atoms with E-state index < -0.39 is 5.97 Å². The van der Waals surface area contributed by atoms with Crippen molar-refractivity contribution in [2.24, 2.45) is 7.05 Å². The average molecular weight is 221 g/mol. The molecule has 0 atom stereocenters. The van der Waals surface area contributed by atoms with E-state index in [1.165, 1.54) is 10.6 Å². The van der Waals surface area contributed by atoms with Crippen LogP contribution in [0.5, 0.6) is 0 Å². The molecule has 6 nitrogen and oxygen atoms in total. The first-order valence-electron chi connectivity index (χ1n) is 4.76. The van der Waals surface area contributed by atoms with Gasteiger partial charge in [-0.15, -0.1) is 0 Å². The minimum absolute atomic E-state index is 0.174. The first-order chi connectivity index (χ1) is 7.49. The van der Waals surface area contributed by atoms with Crippen LogP contribution in [0.1, 0.15) is 11.4 Å². The van der Waals surface area contributed by atoms with E-state index >= 15 is 0 Å². The molecule has 0 fully saturated rings. The molecule has 0 saturated heterocycles. The minimum atomic E-state index is -0.962. The number of fused-ring (bicyclic) bond motifs is 1. The molecule has 2 rings (SSSR count). The van der Waals surface area contributed by atoms with E-state index in [0.717, 1.165) is 5.69 Å². The van der Waals surface area contributed by atoms with Gasteiger partial charge in [-0.2, -0.15) is 9.61 Å². The van der Waals surface area contributed by atoms with Crippen LogP contribution in [-0.2, 0) is 18.3 Å². The summed E-state index contributed by atoms with van der Waals surface area (Å²) < 4.78 is 2.93. The van der Waals surface area contributed by atoms with Crippen molar-refractivity contribution in [3.05, 3.63) is 33.9 Å². The van der Waals surface area contributed by atoms with Gasteiger partial charge in [-0.25, -0.2) is 0 Å². The SMILES string of the molecule is Cc1cc2n(C)c(CC(=O)O)cc(=O)n2n1. The highest BCUT2D eigenvalue weighted by Gasteiger charge is 2.10.